The molecule has 0 saturated heterocycles. The van der Waals surface area contributed by atoms with Crippen LogP contribution in [0, 0.1) is 12.7 Å². The number of benzene rings is 2. The normalized spacial score (nSPS) is 10.0. The van der Waals surface area contributed by atoms with Crippen LogP contribution in [-0.4, -0.2) is 11.8 Å². The third-order valence-corrected chi connectivity index (χ3v) is 2.82. The summed E-state index contributed by atoms with van der Waals surface area (Å²) in [7, 11) is 0. The molecule has 5 heteroatoms. The van der Waals surface area contributed by atoms with Gasteiger partial charge in [-0.15, -0.1) is 0 Å². The molecule has 0 heterocycles. The van der Waals surface area contributed by atoms with Crippen LogP contribution in [0.15, 0.2) is 42.5 Å². The van der Waals surface area contributed by atoms with Gasteiger partial charge in [0, 0.05) is 18.2 Å². The molecular formula is C16H15FN2O2. The first-order chi connectivity index (χ1) is 9.95. The van der Waals surface area contributed by atoms with Crippen LogP contribution in [0.4, 0.5) is 15.8 Å². The van der Waals surface area contributed by atoms with Crippen molar-refractivity contribution < 1.29 is 14.0 Å². The number of halogens is 1. The quantitative estimate of drug-likeness (QED) is 0.909. The number of anilines is 2. The first kappa shape index (κ1) is 14.7. The monoisotopic (exact) mass is 286 g/mol. The van der Waals surface area contributed by atoms with E-state index in [4.69, 9.17) is 0 Å². The molecule has 2 aromatic carbocycles. The van der Waals surface area contributed by atoms with E-state index in [1.54, 1.807) is 30.3 Å². The zero-order valence-electron chi connectivity index (χ0n) is 11.7. The van der Waals surface area contributed by atoms with Crippen LogP contribution in [0.3, 0.4) is 0 Å². The minimum atomic E-state index is -0.494. The van der Waals surface area contributed by atoms with Crippen LogP contribution >= 0.6 is 0 Å². The molecule has 108 valence electrons. The molecule has 0 unspecified atom stereocenters. The van der Waals surface area contributed by atoms with Gasteiger partial charge < -0.3 is 10.6 Å². The Labute approximate surface area is 122 Å². The largest absolute Gasteiger partial charge is 0.326 e. The number of rotatable bonds is 3. The topological polar surface area (TPSA) is 58.2 Å². The highest BCUT2D eigenvalue weighted by Crippen LogP contribution is 2.18. The number of carbonyl (C=O) groups excluding carboxylic acids is 2. The van der Waals surface area contributed by atoms with Gasteiger partial charge in [0.25, 0.3) is 5.91 Å². The summed E-state index contributed by atoms with van der Waals surface area (Å²) in [6, 6.07) is 10.9. The Hall–Kier alpha value is -2.69. The Morgan fingerprint density at radius 2 is 1.81 bits per heavy atom. The molecule has 0 aliphatic carbocycles. The average Bonchev–Trinajstić information content (AvgIpc) is 2.42. The molecule has 0 saturated carbocycles. The number of amides is 2. The summed E-state index contributed by atoms with van der Waals surface area (Å²) in [6.07, 6.45) is 0. The van der Waals surface area contributed by atoms with E-state index in [2.05, 4.69) is 10.6 Å². The fraction of sp³-hybridized carbons (Fsp3) is 0.125. The van der Waals surface area contributed by atoms with Gasteiger partial charge in [-0.3, -0.25) is 9.59 Å². The molecule has 4 nitrogen and oxygen atoms in total. The molecule has 0 bridgehead atoms. The summed E-state index contributed by atoms with van der Waals surface area (Å²) in [5.74, 6) is -1.16. The molecule has 0 fully saturated rings. The Bertz CT molecular complexity index is 698. The lowest BCUT2D eigenvalue weighted by molar-refractivity contribution is -0.114. The fourth-order valence-electron chi connectivity index (χ4n) is 1.87. The minimum absolute atomic E-state index is 0.130. The van der Waals surface area contributed by atoms with Crippen molar-refractivity contribution >= 4 is 23.2 Å². The van der Waals surface area contributed by atoms with Crippen molar-refractivity contribution in [2.75, 3.05) is 10.6 Å². The van der Waals surface area contributed by atoms with Gasteiger partial charge in [-0.05, 0) is 42.8 Å². The molecule has 21 heavy (non-hydrogen) atoms. The summed E-state index contributed by atoms with van der Waals surface area (Å²) >= 11 is 0. The van der Waals surface area contributed by atoms with E-state index in [9.17, 15) is 14.0 Å². The van der Waals surface area contributed by atoms with E-state index in [-0.39, 0.29) is 11.6 Å². The third kappa shape index (κ3) is 3.89. The summed E-state index contributed by atoms with van der Waals surface area (Å²) in [5.41, 5.74) is 1.82. The van der Waals surface area contributed by atoms with Gasteiger partial charge in [-0.2, -0.15) is 0 Å². The lowest BCUT2D eigenvalue weighted by Gasteiger charge is -2.09. The molecule has 0 spiro atoms. The van der Waals surface area contributed by atoms with E-state index in [0.717, 1.165) is 5.56 Å². The van der Waals surface area contributed by atoms with Crippen molar-refractivity contribution in [3.05, 3.63) is 59.4 Å². The van der Waals surface area contributed by atoms with Crippen LogP contribution in [0.5, 0.6) is 0 Å². The lowest BCUT2D eigenvalue weighted by Crippen LogP contribution is -2.14. The van der Waals surface area contributed by atoms with Crippen molar-refractivity contribution in [3.63, 3.8) is 0 Å². The van der Waals surface area contributed by atoms with Crippen LogP contribution < -0.4 is 10.6 Å². The summed E-state index contributed by atoms with van der Waals surface area (Å²) in [5, 5.41) is 5.11. The van der Waals surface area contributed by atoms with Gasteiger partial charge in [-0.1, -0.05) is 12.1 Å². The molecule has 0 radical (unpaired) electrons. The summed E-state index contributed by atoms with van der Waals surface area (Å²) in [6.45, 7) is 3.20. The van der Waals surface area contributed by atoms with Gasteiger partial charge in [0.2, 0.25) is 5.91 Å². The molecule has 2 N–H and O–H groups in total. The van der Waals surface area contributed by atoms with Crippen molar-refractivity contribution in [2.24, 2.45) is 0 Å². The molecule has 0 aromatic heterocycles. The number of hydrogen-bond donors (Lipinski definition) is 2. The van der Waals surface area contributed by atoms with E-state index < -0.39 is 11.7 Å². The molecular weight excluding hydrogens is 271 g/mol. The SMILES string of the molecule is CC(=O)Nc1cccc(C(=O)Nc2cc(C)ccc2F)c1. The van der Waals surface area contributed by atoms with Crippen LogP contribution in [0.1, 0.15) is 22.8 Å². The van der Waals surface area contributed by atoms with Crippen LogP contribution in [0.2, 0.25) is 0 Å². The summed E-state index contributed by atoms with van der Waals surface area (Å²) < 4.78 is 13.6. The second kappa shape index (κ2) is 6.17. The zero-order valence-corrected chi connectivity index (χ0v) is 11.7. The maximum absolute atomic E-state index is 13.6. The van der Waals surface area contributed by atoms with Crippen molar-refractivity contribution in [1.82, 2.24) is 0 Å². The number of nitrogens with one attached hydrogen (secondary N) is 2. The predicted octanol–water partition coefficient (Wildman–Crippen LogP) is 3.34. The summed E-state index contributed by atoms with van der Waals surface area (Å²) in [4.78, 5) is 23.1. The molecule has 0 atom stereocenters. The Balaban J connectivity index is 2.20. The smallest absolute Gasteiger partial charge is 0.255 e. The van der Waals surface area contributed by atoms with Crippen LogP contribution in [-0.2, 0) is 4.79 Å². The van der Waals surface area contributed by atoms with Gasteiger partial charge in [0.1, 0.15) is 5.82 Å². The Kier molecular flexibility index (Phi) is 4.33. The number of aryl methyl sites for hydroxylation is 1. The number of carbonyl (C=O) groups is 2. The highest BCUT2D eigenvalue weighted by atomic mass is 19.1. The first-order valence-electron chi connectivity index (χ1n) is 6.41. The average molecular weight is 286 g/mol. The second-order valence-electron chi connectivity index (χ2n) is 4.70. The molecule has 2 rings (SSSR count). The maximum Gasteiger partial charge on any atom is 0.255 e. The van der Waals surface area contributed by atoms with E-state index in [1.807, 2.05) is 6.92 Å². The van der Waals surface area contributed by atoms with Crippen molar-refractivity contribution in [1.29, 1.82) is 0 Å². The van der Waals surface area contributed by atoms with Crippen molar-refractivity contribution in [3.8, 4) is 0 Å². The van der Waals surface area contributed by atoms with Gasteiger partial charge in [0.05, 0.1) is 5.69 Å². The Morgan fingerprint density at radius 1 is 1.05 bits per heavy atom. The maximum atomic E-state index is 13.6. The van der Waals surface area contributed by atoms with Crippen molar-refractivity contribution in [2.45, 2.75) is 13.8 Å². The molecule has 2 amide bonds. The van der Waals surface area contributed by atoms with Gasteiger partial charge in [0.15, 0.2) is 0 Å². The molecule has 0 aliphatic rings. The number of hydrogen-bond acceptors (Lipinski definition) is 2. The van der Waals surface area contributed by atoms with E-state index >= 15 is 0 Å². The minimum Gasteiger partial charge on any atom is -0.326 e. The second-order valence-corrected chi connectivity index (χ2v) is 4.70. The molecule has 0 aliphatic heterocycles. The highest BCUT2D eigenvalue weighted by molar-refractivity contribution is 6.05. The Morgan fingerprint density at radius 3 is 2.52 bits per heavy atom. The standard InChI is InChI=1S/C16H15FN2O2/c1-10-6-7-14(17)15(8-10)19-16(21)12-4-3-5-13(9-12)18-11(2)20/h3-9H,1-2H3,(H,18,20)(H,19,21). The lowest BCUT2D eigenvalue weighted by atomic mass is 10.1. The highest BCUT2D eigenvalue weighted by Gasteiger charge is 2.10. The first-order valence-corrected chi connectivity index (χ1v) is 6.41. The van der Waals surface area contributed by atoms with Gasteiger partial charge >= 0.3 is 0 Å². The third-order valence-electron chi connectivity index (χ3n) is 2.82. The molecule has 2 aromatic rings. The fourth-order valence-corrected chi connectivity index (χ4v) is 1.87. The van der Waals surface area contributed by atoms with Crippen LogP contribution in [0.25, 0.3) is 0 Å². The van der Waals surface area contributed by atoms with E-state index in [1.165, 1.54) is 19.1 Å². The zero-order chi connectivity index (χ0) is 15.4. The van der Waals surface area contributed by atoms with Gasteiger partial charge in [-0.25, -0.2) is 4.39 Å². The predicted molar refractivity (Wildman–Crippen MR) is 79.8 cm³/mol. The van der Waals surface area contributed by atoms with E-state index in [0.29, 0.717) is 11.3 Å².